The van der Waals surface area contributed by atoms with Crippen molar-refractivity contribution >= 4 is 11.9 Å². The number of rotatable bonds is 23. The molecule has 228 valence electrons. The van der Waals surface area contributed by atoms with E-state index in [9.17, 15) is 4.79 Å². The minimum absolute atomic E-state index is 0.208. The number of hydrogen-bond acceptors (Lipinski definition) is 6. The van der Waals surface area contributed by atoms with Crippen molar-refractivity contribution in [3.8, 4) is 28.7 Å². The van der Waals surface area contributed by atoms with Crippen molar-refractivity contribution in [3.63, 3.8) is 0 Å². The van der Waals surface area contributed by atoms with Crippen LogP contribution in [0.4, 0.5) is 0 Å². The number of carbonyl (C=O) groups is 1. The Morgan fingerprint density at radius 3 is 1.63 bits per heavy atom. The number of ether oxygens (including phenoxy) is 5. The summed E-state index contributed by atoms with van der Waals surface area (Å²) in [6, 6.07) is 9.46. The highest BCUT2D eigenvalue weighted by molar-refractivity contribution is 6.11. The van der Waals surface area contributed by atoms with Gasteiger partial charge in [0.05, 0.1) is 33.0 Å². The van der Waals surface area contributed by atoms with Crippen LogP contribution in [-0.4, -0.2) is 38.8 Å². The van der Waals surface area contributed by atoms with Crippen molar-refractivity contribution < 1.29 is 28.5 Å². The van der Waals surface area contributed by atoms with Crippen LogP contribution in [0.1, 0.15) is 115 Å². The number of hydrogen-bond donors (Lipinski definition) is 0. The molecule has 2 aromatic rings. The van der Waals surface area contributed by atoms with E-state index in [0.29, 0.717) is 55.8 Å². The Bertz CT molecular complexity index is 1050. The lowest BCUT2D eigenvalue weighted by Crippen LogP contribution is -2.10. The molecule has 6 heteroatoms. The summed E-state index contributed by atoms with van der Waals surface area (Å²) in [5.74, 6) is 2.81. The van der Waals surface area contributed by atoms with Gasteiger partial charge in [0.15, 0.2) is 17.3 Å². The summed E-state index contributed by atoms with van der Waals surface area (Å²) in [5, 5.41) is 0. The number of unbranched alkanes of at least 4 members (excludes halogenated alkanes) is 5. The highest BCUT2D eigenvalue weighted by atomic mass is 16.5. The zero-order valence-corrected chi connectivity index (χ0v) is 26.1. The molecule has 41 heavy (non-hydrogen) atoms. The molecule has 0 amide bonds. The van der Waals surface area contributed by atoms with Crippen molar-refractivity contribution in [3.05, 3.63) is 47.5 Å². The lowest BCUT2D eigenvalue weighted by molar-refractivity contribution is 0.103. The predicted octanol–water partition coefficient (Wildman–Crippen LogP) is 9.48. The van der Waals surface area contributed by atoms with Gasteiger partial charge in [-0.15, -0.1) is 0 Å². The van der Waals surface area contributed by atoms with Crippen molar-refractivity contribution in [2.24, 2.45) is 0 Å². The molecule has 0 spiro atoms. The Balaban J connectivity index is 2.48. The van der Waals surface area contributed by atoms with Crippen LogP contribution in [0.25, 0.3) is 6.08 Å². The van der Waals surface area contributed by atoms with Gasteiger partial charge in [-0.3, -0.25) is 4.79 Å². The monoisotopic (exact) mass is 568 g/mol. The third-order valence-corrected chi connectivity index (χ3v) is 6.50. The molecule has 0 aliphatic carbocycles. The van der Waals surface area contributed by atoms with E-state index in [0.717, 1.165) is 81.3 Å². The van der Waals surface area contributed by atoms with Gasteiger partial charge in [0.2, 0.25) is 0 Å². The van der Waals surface area contributed by atoms with Crippen LogP contribution >= 0.6 is 0 Å². The van der Waals surface area contributed by atoms with Gasteiger partial charge in [-0.05, 0) is 74.6 Å². The van der Waals surface area contributed by atoms with E-state index >= 15 is 0 Å². The van der Waals surface area contributed by atoms with Crippen LogP contribution < -0.4 is 23.7 Å². The van der Waals surface area contributed by atoms with Crippen LogP contribution in [0.2, 0.25) is 0 Å². The van der Waals surface area contributed by atoms with Crippen molar-refractivity contribution in [2.75, 3.05) is 33.0 Å². The number of carbonyl (C=O) groups excluding carboxylic acids is 1. The first kappa shape index (κ1) is 34.1. The average molecular weight is 569 g/mol. The van der Waals surface area contributed by atoms with E-state index in [1.54, 1.807) is 12.2 Å². The zero-order valence-electron chi connectivity index (χ0n) is 26.1. The number of allylic oxidation sites excluding steroid dienone is 1. The van der Waals surface area contributed by atoms with E-state index in [1.165, 1.54) is 0 Å². The molecule has 0 N–H and O–H groups in total. The maximum absolute atomic E-state index is 13.9. The van der Waals surface area contributed by atoms with Crippen LogP contribution in [0.5, 0.6) is 28.7 Å². The molecule has 0 bridgehead atoms. The van der Waals surface area contributed by atoms with E-state index in [-0.39, 0.29) is 5.78 Å². The average Bonchev–Trinajstić information content (AvgIpc) is 2.98. The van der Waals surface area contributed by atoms with Crippen LogP contribution in [0, 0.1) is 0 Å². The molecular weight excluding hydrogens is 516 g/mol. The highest BCUT2D eigenvalue weighted by Crippen LogP contribution is 2.39. The molecule has 0 unspecified atom stereocenters. The predicted molar refractivity (Wildman–Crippen MR) is 168 cm³/mol. The summed E-state index contributed by atoms with van der Waals surface area (Å²) in [5.41, 5.74) is 1.19. The van der Waals surface area contributed by atoms with Crippen LogP contribution in [-0.2, 0) is 0 Å². The van der Waals surface area contributed by atoms with Gasteiger partial charge in [0.1, 0.15) is 22.8 Å². The van der Waals surface area contributed by atoms with Crippen molar-refractivity contribution in [1.82, 2.24) is 0 Å². The smallest absolute Gasteiger partial charge is 0.193 e. The number of ketones is 1. The van der Waals surface area contributed by atoms with E-state index in [2.05, 4.69) is 34.6 Å². The maximum atomic E-state index is 13.9. The first-order valence-corrected chi connectivity index (χ1v) is 15.8. The standard InChI is InChI=1S/C35H52O6/c1-6-11-22-37-29-17-19-31(38-23-12-7-2)28(27-29)16-18-30(36)34-32(39-24-13-8-3)20-21-33(40-25-14-9-4)35(34)41-26-15-10-5/h16-21,27H,6-15,22-26H2,1-5H3/b18-16+. The molecular formula is C35H52O6. The summed E-state index contributed by atoms with van der Waals surface area (Å²) >= 11 is 0. The summed E-state index contributed by atoms with van der Waals surface area (Å²) in [4.78, 5) is 13.9. The largest absolute Gasteiger partial charge is 0.494 e. The second-order valence-corrected chi connectivity index (χ2v) is 10.2. The van der Waals surface area contributed by atoms with Gasteiger partial charge < -0.3 is 23.7 Å². The van der Waals surface area contributed by atoms with Crippen molar-refractivity contribution in [1.29, 1.82) is 0 Å². The molecule has 0 atom stereocenters. The fourth-order valence-electron chi connectivity index (χ4n) is 3.92. The first-order valence-electron chi connectivity index (χ1n) is 15.8. The Hall–Kier alpha value is -3.15. The molecule has 0 aromatic heterocycles. The summed E-state index contributed by atoms with van der Waals surface area (Å²) in [6.07, 6.45) is 13.1. The quantitative estimate of drug-likeness (QED) is 0.0756. The lowest BCUT2D eigenvalue weighted by atomic mass is 10.0. The summed E-state index contributed by atoms with van der Waals surface area (Å²) < 4.78 is 30.4. The van der Waals surface area contributed by atoms with Crippen molar-refractivity contribution in [2.45, 2.75) is 98.8 Å². The minimum Gasteiger partial charge on any atom is -0.494 e. The fraction of sp³-hybridized carbons (Fsp3) is 0.571. The molecule has 0 saturated carbocycles. The molecule has 0 saturated heterocycles. The number of benzene rings is 2. The molecule has 0 heterocycles. The molecule has 0 fully saturated rings. The fourth-order valence-corrected chi connectivity index (χ4v) is 3.92. The van der Waals surface area contributed by atoms with Crippen LogP contribution in [0.3, 0.4) is 0 Å². The topological polar surface area (TPSA) is 63.2 Å². The SMILES string of the molecule is CCCCOc1ccc(OCCCC)c(/C=C/C(=O)c2c(OCCCC)ccc(OCCCC)c2OCCCC)c1. The van der Waals surface area contributed by atoms with Gasteiger partial charge in [-0.2, -0.15) is 0 Å². The Morgan fingerprint density at radius 1 is 0.585 bits per heavy atom. The third-order valence-electron chi connectivity index (χ3n) is 6.50. The second kappa shape index (κ2) is 20.7. The summed E-state index contributed by atoms with van der Waals surface area (Å²) in [6.45, 7) is 13.5. The Labute approximate surface area is 248 Å². The Kier molecular flexibility index (Phi) is 17.2. The normalized spacial score (nSPS) is 11.0. The van der Waals surface area contributed by atoms with Crippen LogP contribution in [0.15, 0.2) is 36.4 Å². The molecule has 0 radical (unpaired) electrons. The van der Waals surface area contributed by atoms with Gasteiger partial charge in [0.25, 0.3) is 0 Å². The van der Waals surface area contributed by atoms with E-state index in [1.807, 2.05) is 30.3 Å². The molecule has 0 aliphatic rings. The van der Waals surface area contributed by atoms with E-state index < -0.39 is 0 Å². The second-order valence-electron chi connectivity index (χ2n) is 10.2. The highest BCUT2D eigenvalue weighted by Gasteiger charge is 2.22. The zero-order chi connectivity index (χ0) is 29.7. The lowest BCUT2D eigenvalue weighted by Gasteiger charge is -2.19. The van der Waals surface area contributed by atoms with E-state index in [4.69, 9.17) is 23.7 Å². The first-order chi connectivity index (χ1) is 20.1. The summed E-state index contributed by atoms with van der Waals surface area (Å²) in [7, 11) is 0. The molecule has 6 nitrogen and oxygen atoms in total. The molecule has 2 rings (SSSR count). The minimum atomic E-state index is -0.208. The Morgan fingerprint density at radius 2 is 1.05 bits per heavy atom. The van der Waals surface area contributed by atoms with Gasteiger partial charge in [-0.25, -0.2) is 0 Å². The molecule has 2 aromatic carbocycles. The third kappa shape index (κ3) is 12.1. The maximum Gasteiger partial charge on any atom is 0.193 e. The van der Waals surface area contributed by atoms with Gasteiger partial charge >= 0.3 is 0 Å². The van der Waals surface area contributed by atoms with Gasteiger partial charge in [-0.1, -0.05) is 66.7 Å². The van der Waals surface area contributed by atoms with Gasteiger partial charge in [0, 0.05) is 5.56 Å². The molecule has 0 aliphatic heterocycles.